The minimum absolute atomic E-state index is 0.0396. The number of aryl methyl sites for hydroxylation is 1. The van der Waals surface area contributed by atoms with Gasteiger partial charge in [0.2, 0.25) is 0 Å². The van der Waals surface area contributed by atoms with Crippen molar-refractivity contribution in [3.8, 4) is 0 Å². The Morgan fingerprint density at radius 3 is 2.71 bits per heavy atom. The van der Waals surface area contributed by atoms with Gasteiger partial charge in [-0.1, -0.05) is 35.0 Å². The van der Waals surface area contributed by atoms with Gasteiger partial charge in [-0.2, -0.15) is 0 Å². The van der Waals surface area contributed by atoms with Crippen LogP contribution in [-0.2, 0) is 6.42 Å². The van der Waals surface area contributed by atoms with E-state index < -0.39 is 0 Å². The SMILES string of the molecule is CCc1cccc(C(=O)C(C)Br)c1N. The van der Waals surface area contributed by atoms with Gasteiger partial charge < -0.3 is 5.73 Å². The van der Waals surface area contributed by atoms with Gasteiger partial charge in [-0.3, -0.25) is 4.79 Å². The Hall–Kier alpha value is -0.830. The smallest absolute Gasteiger partial charge is 0.178 e. The van der Waals surface area contributed by atoms with Crippen LogP contribution in [0.15, 0.2) is 18.2 Å². The van der Waals surface area contributed by atoms with E-state index in [-0.39, 0.29) is 10.6 Å². The van der Waals surface area contributed by atoms with E-state index in [1.807, 2.05) is 19.1 Å². The number of hydrogen-bond acceptors (Lipinski definition) is 2. The van der Waals surface area contributed by atoms with Crippen molar-refractivity contribution in [2.45, 2.75) is 25.1 Å². The third kappa shape index (κ3) is 2.15. The van der Waals surface area contributed by atoms with E-state index in [9.17, 15) is 4.79 Å². The van der Waals surface area contributed by atoms with Gasteiger partial charge in [-0.15, -0.1) is 0 Å². The maximum Gasteiger partial charge on any atom is 0.178 e. The van der Waals surface area contributed by atoms with Gasteiger partial charge in [-0.25, -0.2) is 0 Å². The molecular weight excluding hydrogens is 242 g/mol. The van der Waals surface area contributed by atoms with Crippen LogP contribution in [0.4, 0.5) is 5.69 Å². The molecule has 0 aromatic heterocycles. The summed E-state index contributed by atoms with van der Waals surface area (Å²) in [5.41, 5.74) is 8.16. The summed E-state index contributed by atoms with van der Waals surface area (Å²) in [5, 5.41) is 0. The maximum atomic E-state index is 11.7. The van der Waals surface area contributed by atoms with Gasteiger partial charge in [0.25, 0.3) is 0 Å². The molecule has 0 saturated carbocycles. The Bertz CT molecular complexity index is 347. The molecule has 0 heterocycles. The third-order valence-electron chi connectivity index (χ3n) is 2.20. The molecule has 0 aliphatic heterocycles. The Morgan fingerprint density at radius 2 is 2.21 bits per heavy atom. The number of halogens is 1. The average Bonchev–Trinajstić information content (AvgIpc) is 2.17. The van der Waals surface area contributed by atoms with Crippen LogP contribution in [0, 0.1) is 0 Å². The molecule has 0 saturated heterocycles. The zero-order valence-electron chi connectivity index (χ0n) is 8.38. The zero-order chi connectivity index (χ0) is 10.7. The average molecular weight is 256 g/mol. The van der Waals surface area contributed by atoms with Gasteiger partial charge in [0.15, 0.2) is 5.78 Å². The lowest BCUT2D eigenvalue weighted by atomic mass is 10.0. The normalized spacial score (nSPS) is 12.5. The highest BCUT2D eigenvalue weighted by Crippen LogP contribution is 2.21. The molecule has 0 aliphatic rings. The van der Waals surface area contributed by atoms with E-state index in [0.717, 1.165) is 12.0 Å². The molecule has 2 N–H and O–H groups in total. The van der Waals surface area contributed by atoms with Crippen molar-refractivity contribution in [3.05, 3.63) is 29.3 Å². The minimum atomic E-state index is -0.183. The third-order valence-corrected chi connectivity index (χ3v) is 2.62. The van der Waals surface area contributed by atoms with E-state index >= 15 is 0 Å². The van der Waals surface area contributed by atoms with Crippen LogP contribution in [0.3, 0.4) is 0 Å². The lowest BCUT2D eigenvalue weighted by Gasteiger charge is -2.09. The van der Waals surface area contributed by atoms with Crippen molar-refractivity contribution in [1.29, 1.82) is 0 Å². The highest BCUT2D eigenvalue weighted by atomic mass is 79.9. The molecule has 14 heavy (non-hydrogen) atoms. The number of hydrogen-bond donors (Lipinski definition) is 1. The molecule has 1 aromatic rings. The molecule has 1 rings (SSSR count). The standard InChI is InChI=1S/C11H14BrNO/c1-3-8-5-4-6-9(10(8)13)11(14)7(2)12/h4-7H,3,13H2,1-2H3. The Morgan fingerprint density at radius 1 is 1.57 bits per heavy atom. The highest BCUT2D eigenvalue weighted by Gasteiger charge is 2.15. The highest BCUT2D eigenvalue weighted by molar-refractivity contribution is 9.10. The summed E-state index contributed by atoms with van der Waals surface area (Å²) in [4.78, 5) is 11.5. The first-order valence-corrected chi connectivity index (χ1v) is 5.55. The minimum Gasteiger partial charge on any atom is -0.398 e. The van der Waals surface area contributed by atoms with E-state index in [1.54, 1.807) is 13.0 Å². The van der Waals surface area contributed by atoms with E-state index in [1.165, 1.54) is 0 Å². The van der Waals surface area contributed by atoms with Gasteiger partial charge in [0.05, 0.1) is 4.83 Å². The predicted molar refractivity (Wildman–Crippen MR) is 63.0 cm³/mol. The van der Waals surface area contributed by atoms with E-state index in [0.29, 0.717) is 11.3 Å². The Balaban J connectivity index is 3.16. The van der Waals surface area contributed by atoms with Crippen molar-refractivity contribution in [3.63, 3.8) is 0 Å². The maximum absolute atomic E-state index is 11.7. The summed E-state index contributed by atoms with van der Waals surface area (Å²) in [6.45, 7) is 3.83. The van der Waals surface area contributed by atoms with E-state index in [4.69, 9.17) is 5.73 Å². The summed E-state index contributed by atoms with van der Waals surface area (Å²) in [6, 6.07) is 5.59. The predicted octanol–water partition coefficient (Wildman–Crippen LogP) is 2.80. The van der Waals surface area contributed by atoms with Crippen LogP contribution in [0.5, 0.6) is 0 Å². The zero-order valence-corrected chi connectivity index (χ0v) is 9.97. The number of nitrogens with two attached hydrogens (primary N) is 1. The fourth-order valence-corrected chi connectivity index (χ4v) is 1.60. The Labute approximate surface area is 92.6 Å². The number of ketones is 1. The van der Waals surface area contributed by atoms with Crippen LogP contribution >= 0.6 is 15.9 Å². The molecule has 0 spiro atoms. The van der Waals surface area contributed by atoms with Crippen molar-refractivity contribution >= 4 is 27.4 Å². The van der Waals surface area contributed by atoms with Crippen LogP contribution < -0.4 is 5.73 Å². The number of rotatable bonds is 3. The summed E-state index contributed by atoms with van der Waals surface area (Å²) in [6.07, 6.45) is 0.851. The van der Waals surface area contributed by atoms with Gasteiger partial charge >= 0.3 is 0 Å². The number of anilines is 1. The van der Waals surface area contributed by atoms with Crippen molar-refractivity contribution in [2.75, 3.05) is 5.73 Å². The quantitative estimate of drug-likeness (QED) is 0.513. The number of alkyl halides is 1. The molecule has 1 aromatic carbocycles. The molecule has 1 unspecified atom stereocenters. The lowest BCUT2D eigenvalue weighted by Crippen LogP contribution is -2.13. The van der Waals surface area contributed by atoms with Crippen LogP contribution in [-0.4, -0.2) is 10.6 Å². The summed E-state index contributed by atoms with van der Waals surface area (Å²) in [5.74, 6) is 0.0396. The molecule has 0 fully saturated rings. The number of carbonyl (C=O) groups excluding carboxylic acids is 1. The number of nitrogen functional groups attached to an aromatic ring is 1. The first-order chi connectivity index (χ1) is 6.57. The number of Topliss-reactive ketones (excluding diaryl/α,β-unsaturated/α-hetero) is 1. The number of para-hydroxylation sites is 1. The molecule has 1 atom stereocenters. The molecule has 0 radical (unpaired) electrons. The van der Waals surface area contributed by atoms with Crippen molar-refractivity contribution in [1.82, 2.24) is 0 Å². The van der Waals surface area contributed by atoms with Gasteiger partial charge in [0, 0.05) is 11.3 Å². The number of carbonyl (C=O) groups is 1. The first kappa shape index (κ1) is 11.2. The van der Waals surface area contributed by atoms with Crippen LogP contribution in [0.25, 0.3) is 0 Å². The lowest BCUT2D eigenvalue weighted by molar-refractivity contribution is 0.0996. The summed E-state index contributed by atoms with van der Waals surface area (Å²) >= 11 is 3.25. The molecule has 2 nitrogen and oxygen atoms in total. The molecule has 0 aliphatic carbocycles. The van der Waals surface area contributed by atoms with Gasteiger partial charge in [-0.05, 0) is 25.0 Å². The second kappa shape index (κ2) is 4.60. The van der Waals surface area contributed by atoms with Crippen molar-refractivity contribution < 1.29 is 4.79 Å². The van der Waals surface area contributed by atoms with Gasteiger partial charge in [0.1, 0.15) is 0 Å². The van der Waals surface area contributed by atoms with E-state index in [2.05, 4.69) is 15.9 Å². The van der Waals surface area contributed by atoms with Crippen molar-refractivity contribution in [2.24, 2.45) is 0 Å². The number of benzene rings is 1. The fraction of sp³-hybridized carbons (Fsp3) is 0.364. The first-order valence-electron chi connectivity index (χ1n) is 4.63. The van der Waals surface area contributed by atoms with Crippen LogP contribution in [0.2, 0.25) is 0 Å². The topological polar surface area (TPSA) is 43.1 Å². The molecule has 76 valence electrons. The Kier molecular flexibility index (Phi) is 3.69. The molecule has 0 amide bonds. The summed E-state index contributed by atoms with van der Waals surface area (Å²) in [7, 11) is 0. The van der Waals surface area contributed by atoms with Crippen LogP contribution in [0.1, 0.15) is 29.8 Å². The molecule has 3 heteroatoms. The molecule has 0 bridgehead atoms. The monoisotopic (exact) mass is 255 g/mol. The second-order valence-electron chi connectivity index (χ2n) is 3.21. The second-order valence-corrected chi connectivity index (χ2v) is 4.59. The largest absolute Gasteiger partial charge is 0.398 e. The molecular formula is C11H14BrNO. The summed E-state index contributed by atoms with van der Waals surface area (Å²) < 4.78 is 0. The fourth-order valence-electron chi connectivity index (χ4n) is 1.35.